The van der Waals surface area contributed by atoms with Crippen LogP contribution in [0.15, 0.2) is 24.3 Å². The molecule has 2 N–H and O–H groups in total. The molecule has 0 aliphatic heterocycles. The minimum atomic E-state index is -2.24. The van der Waals surface area contributed by atoms with Gasteiger partial charge in [-0.2, -0.15) is 0 Å². The second-order valence-corrected chi connectivity index (χ2v) is 10.4. The Morgan fingerprint density at radius 3 is 2.47 bits per heavy atom. The highest BCUT2D eigenvalue weighted by Crippen LogP contribution is 2.61. The molecule has 0 radical (unpaired) electrons. The van der Waals surface area contributed by atoms with E-state index in [1.165, 1.54) is 0 Å². The van der Waals surface area contributed by atoms with Crippen molar-refractivity contribution >= 4 is 46.1 Å². The van der Waals surface area contributed by atoms with Crippen LogP contribution < -0.4 is 5.73 Å². The van der Waals surface area contributed by atoms with E-state index in [2.05, 4.69) is 0 Å². The number of hydrogen-bond donors (Lipinski definition) is 1. The monoisotopic (exact) mass is 335 g/mol. The molecule has 0 aliphatic rings. The second-order valence-electron chi connectivity index (χ2n) is 3.62. The number of thiocarbonyl (C=S) groups is 1. The quantitative estimate of drug-likeness (QED) is 0.575. The van der Waals surface area contributed by atoms with Crippen molar-refractivity contribution in [3.05, 3.63) is 35.4 Å². The van der Waals surface area contributed by atoms with Gasteiger partial charge in [0.15, 0.2) is 0 Å². The van der Waals surface area contributed by atoms with E-state index in [1.807, 2.05) is 38.1 Å². The molecule has 0 unspecified atom stereocenters. The Kier molecular flexibility index (Phi) is 7.50. The number of nitrogens with two attached hydrogens (primary N) is 1. The Hall–Kier alpha value is 0.0300. The van der Waals surface area contributed by atoms with Gasteiger partial charge in [-0.15, -0.1) is 0 Å². The van der Waals surface area contributed by atoms with Crippen molar-refractivity contribution in [2.45, 2.75) is 19.6 Å². The SMILES string of the molecule is CCOP(=S)(OCC)SCc1cccc(C(N)=S)c1. The molecule has 0 bridgehead atoms. The third-order valence-corrected chi connectivity index (χ3v) is 7.89. The molecule has 0 saturated carbocycles. The van der Waals surface area contributed by atoms with Crippen LogP contribution in [0.3, 0.4) is 0 Å². The fourth-order valence-electron chi connectivity index (χ4n) is 1.40. The molecule has 1 aromatic carbocycles. The summed E-state index contributed by atoms with van der Waals surface area (Å²) in [5, 5.41) is 0. The van der Waals surface area contributed by atoms with Crippen LogP contribution in [0.5, 0.6) is 0 Å². The van der Waals surface area contributed by atoms with E-state index in [4.69, 9.17) is 38.8 Å². The number of benzene rings is 1. The Morgan fingerprint density at radius 1 is 1.32 bits per heavy atom. The van der Waals surface area contributed by atoms with Crippen molar-refractivity contribution in [1.29, 1.82) is 0 Å². The Bertz CT molecular complexity index is 472. The molecular formula is C12H18NO2PS3. The predicted octanol–water partition coefficient (Wildman–Crippen LogP) is 3.85. The molecule has 0 amide bonds. The average Bonchev–Trinajstić information content (AvgIpc) is 2.37. The van der Waals surface area contributed by atoms with Gasteiger partial charge in [-0.1, -0.05) is 41.8 Å². The second kappa shape index (κ2) is 8.35. The third-order valence-electron chi connectivity index (χ3n) is 2.18. The summed E-state index contributed by atoms with van der Waals surface area (Å²) in [5.74, 6) is 0.730. The van der Waals surface area contributed by atoms with Crippen LogP contribution in [0.4, 0.5) is 0 Å². The third kappa shape index (κ3) is 5.90. The van der Waals surface area contributed by atoms with Crippen molar-refractivity contribution in [2.75, 3.05) is 13.2 Å². The van der Waals surface area contributed by atoms with Gasteiger partial charge >= 0.3 is 0 Å². The van der Waals surface area contributed by atoms with Gasteiger partial charge in [0.2, 0.25) is 5.69 Å². The lowest BCUT2D eigenvalue weighted by Crippen LogP contribution is -2.09. The summed E-state index contributed by atoms with van der Waals surface area (Å²) in [4.78, 5) is 0.404. The highest BCUT2D eigenvalue weighted by Gasteiger charge is 2.18. The molecule has 0 heterocycles. The Balaban J connectivity index is 2.71. The molecule has 106 valence electrons. The van der Waals surface area contributed by atoms with Crippen molar-refractivity contribution in [3.63, 3.8) is 0 Å². The van der Waals surface area contributed by atoms with Crippen LogP contribution in [-0.2, 0) is 26.6 Å². The van der Waals surface area contributed by atoms with Gasteiger partial charge in [0.05, 0.1) is 13.2 Å². The maximum Gasteiger partial charge on any atom is 0.247 e. The molecule has 1 aromatic rings. The van der Waals surface area contributed by atoms with Gasteiger partial charge in [-0.25, -0.2) is 0 Å². The minimum absolute atomic E-state index is 0.404. The summed E-state index contributed by atoms with van der Waals surface area (Å²) >= 11 is 12.0. The topological polar surface area (TPSA) is 44.5 Å². The number of rotatable bonds is 8. The molecule has 19 heavy (non-hydrogen) atoms. The lowest BCUT2D eigenvalue weighted by atomic mass is 10.1. The molecule has 0 atom stereocenters. The van der Waals surface area contributed by atoms with Gasteiger partial charge in [0.25, 0.3) is 0 Å². The molecule has 0 spiro atoms. The lowest BCUT2D eigenvalue weighted by molar-refractivity contribution is 0.280. The Labute approximate surface area is 129 Å². The van der Waals surface area contributed by atoms with Gasteiger partial charge in [-0.3, -0.25) is 0 Å². The molecule has 3 nitrogen and oxygen atoms in total. The maximum absolute atomic E-state index is 5.62. The lowest BCUT2D eigenvalue weighted by Gasteiger charge is -2.20. The molecule has 0 fully saturated rings. The van der Waals surface area contributed by atoms with Crippen LogP contribution in [0.25, 0.3) is 0 Å². The summed E-state index contributed by atoms with van der Waals surface area (Å²) in [6, 6.07) is 7.84. The summed E-state index contributed by atoms with van der Waals surface area (Å²) in [6.07, 6.45) is 0. The van der Waals surface area contributed by atoms with Crippen molar-refractivity contribution in [1.82, 2.24) is 0 Å². The fourth-order valence-corrected chi connectivity index (χ4v) is 5.97. The zero-order valence-corrected chi connectivity index (χ0v) is 14.3. The molecule has 0 aromatic heterocycles. The van der Waals surface area contributed by atoms with Crippen LogP contribution in [0.2, 0.25) is 0 Å². The predicted molar refractivity (Wildman–Crippen MR) is 91.2 cm³/mol. The van der Waals surface area contributed by atoms with Gasteiger partial charge in [-0.05, 0) is 37.3 Å². The van der Waals surface area contributed by atoms with Crippen LogP contribution in [-0.4, -0.2) is 18.2 Å². The average molecular weight is 335 g/mol. The van der Waals surface area contributed by atoms with E-state index in [0.29, 0.717) is 18.2 Å². The first-order valence-electron chi connectivity index (χ1n) is 5.93. The Morgan fingerprint density at radius 2 is 1.95 bits per heavy atom. The minimum Gasteiger partial charge on any atom is -0.389 e. The largest absolute Gasteiger partial charge is 0.389 e. The van der Waals surface area contributed by atoms with E-state index in [1.54, 1.807) is 11.4 Å². The maximum atomic E-state index is 5.62. The standard InChI is InChI=1S/C12H18NO2PS3/c1-3-14-16(18,15-4-2)19-9-10-6-5-7-11(8-10)12(13)17/h5-8H,3-4,9H2,1-2H3,(H2,13,17). The zero-order valence-electron chi connectivity index (χ0n) is 11.0. The summed E-state index contributed by atoms with van der Waals surface area (Å²) < 4.78 is 11.2. The van der Waals surface area contributed by atoms with E-state index in [-0.39, 0.29) is 0 Å². The van der Waals surface area contributed by atoms with Crippen molar-refractivity contribution in [2.24, 2.45) is 5.73 Å². The highest BCUT2D eigenvalue weighted by molar-refractivity contribution is 8.67. The molecule has 1 rings (SSSR count). The van der Waals surface area contributed by atoms with Crippen molar-refractivity contribution < 1.29 is 9.05 Å². The van der Waals surface area contributed by atoms with E-state index >= 15 is 0 Å². The fraction of sp³-hybridized carbons (Fsp3) is 0.417. The first-order valence-corrected chi connectivity index (χ1v) is 10.6. The van der Waals surface area contributed by atoms with Crippen LogP contribution in [0, 0.1) is 0 Å². The number of hydrogen-bond acceptors (Lipinski definition) is 5. The first-order chi connectivity index (χ1) is 9.00. The molecular weight excluding hydrogens is 317 g/mol. The van der Waals surface area contributed by atoms with E-state index in [9.17, 15) is 0 Å². The van der Waals surface area contributed by atoms with Crippen molar-refractivity contribution in [3.8, 4) is 0 Å². The molecule has 7 heteroatoms. The van der Waals surface area contributed by atoms with Gasteiger partial charge in [0, 0.05) is 11.3 Å². The normalized spacial score (nSPS) is 11.5. The summed E-state index contributed by atoms with van der Waals surface area (Å²) in [7, 11) is 0. The zero-order chi connectivity index (χ0) is 14.3. The molecule has 0 saturated heterocycles. The van der Waals surface area contributed by atoms with Gasteiger partial charge in [0.1, 0.15) is 4.99 Å². The van der Waals surface area contributed by atoms with E-state index < -0.39 is 5.69 Å². The summed E-state index contributed by atoms with van der Waals surface area (Å²) in [6.45, 7) is 4.98. The smallest absolute Gasteiger partial charge is 0.247 e. The molecule has 0 aliphatic carbocycles. The van der Waals surface area contributed by atoms with Gasteiger partial charge < -0.3 is 14.8 Å². The van der Waals surface area contributed by atoms with E-state index in [0.717, 1.165) is 16.9 Å². The summed E-state index contributed by atoms with van der Waals surface area (Å²) in [5.41, 5.74) is 5.37. The first kappa shape index (κ1) is 17.1. The van der Waals surface area contributed by atoms with Crippen LogP contribution >= 0.6 is 29.3 Å². The highest BCUT2D eigenvalue weighted by atomic mass is 32.9. The van der Waals surface area contributed by atoms with Crippen LogP contribution in [0.1, 0.15) is 25.0 Å².